The van der Waals surface area contributed by atoms with Crippen LogP contribution in [0, 0.1) is 6.92 Å². The predicted octanol–water partition coefficient (Wildman–Crippen LogP) is 2.97. The molecular weight excluding hydrogens is 320 g/mol. The molecule has 0 bridgehead atoms. The van der Waals surface area contributed by atoms with E-state index in [2.05, 4.69) is 15.1 Å². The highest BCUT2D eigenvalue weighted by molar-refractivity contribution is 5.91. The number of hydrogen-bond acceptors (Lipinski definition) is 5. The lowest BCUT2D eigenvalue weighted by Crippen LogP contribution is -2.42. The second-order valence-electron chi connectivity index (χ2n) is 7.01. The number of nitrogens with one attached hydrogen (secondary N) is 1. The van der Waals surface area contributed by atoms with Crippen LogP contribution < -0.4 is 0 Å². The minimum atomic E-state index is -0.230. The summed E-state index contributed by atoms with van der Waals surface area (Å²) >= 11 is 0. The summed E-state index contributed by atoms with van der Waals surface area (Å²) in [4.78, 5) is 22.0. The molecule has 25 heavy (non-hydrogen) atoms. The molecule has 0 spiro atoms. The van der Waals surface area contributed by atoms with Gasteiger partial charge < -0.3 is 19.1 Å². The number of nitrogens with zero attached hydrogens (tertiary/aromatic N) is 3. The molecule has 4 rings (SSSR count). The van der Waals surface area contributed by atoms with Gasteiger partial charge in [0.05, 0.1) is 18.8 Å². The van der Waals surface area contributed by atoms with Gasteiger partial charge in [-0.3, -0.25) is 4.79 Å². The zero-order valence-corrected chi connectivity index (χ0v) is 14.5. The normalized spacial score (nSPS) is 22.3. The largest absolute Gasteiger partial charge is 0.367 e. The van der Waals surface area contributed by atoms with Gasteiger partial charge in [-0.25, -0.2) is 4.98 Å². The molecule has 7 heteroatoms. The van der Waals surface area contributed by atoms with Gasteiger partial charge in [0.25, 0.3) is 5.91 Å². The van der Waals surface area contributed by atoms with E-state index in [1.807, 2.05) is 13.0 Å². The molecule has 1 amide bonds. The van der Waals surface area contributed by atoms with Crippen LogP contribution in [0.25, 0.3) is 0 Å². The zero-order chi connectivity index (χ0) is 17.2. The molecule has 0 radical (unpaired) electrons. The van der Waals surface area contributed by atoms with Gasteiger partial charge in [0, 0.05) is 30.4 Å². The van der Waals surface area contributed by atoms with Gasteiger partial charge in [-0.1, -0.05) is 24.4 Å². The number of imidazole rings is 1. The van der Waals surface area contributed by atoms with Crippen LogP contribution in [0.5, 0.6) is 0 Å². The number of amides is 1. The lowest BCUT2D eigenvalue weighted by Gasteiger charge is -2.31. The molecular formula is C18H24N4O3. The Hall–Kier alpha value is -2.15. The number of aromatic nitrogens is 3. The molecule has 2 fully saturated rings. The van der Waals surface area contributed by atoms with Gasteiger partial charge in [0.1, 0.15) is 11.9 Å². The van der Waals surface area contributed by atoms with Crippen molar-refractivity contribution in [2.24, 2.45) is 0 Å². The molecule has 1 aliphatic carbocycles. The molecule has 2 aromatic heterocycles. The fraction of sp³-hybridized carbons (Fsp3) is 0.611. The Balaban J connectivity index is 1.44. The van der Waals surface area contributed by atoms with Gasteiger partial charge >= 0.3 is 0 Å². The third-order valence-electron chi connectivity index (χ3n) is 5.14. The average molecular weight is 344 g/mol. The monoisotopic (exact) mass is 344 g/mol. The van der Waals surface area contributed by atoms with E-state index < -0.39 is 0 Å². The highest BCUT2D eigenvalue weighted by Crippen LogP contribution is 2.32. The first kappa shape index (κ1) is 16.3. The van der Waals surface area contributed by atoms with Crippen LogP contribution in [0.2, 0.25) is 0 Å². The van der Waals surface area contributed by atoms with Gasteiger partial charge in [0.2, 0.25) is 5.76 Å². The van der Waals surface area contributed by atoms with Crippen LogP contribution in [0.1, 0.15) is 71.9 Å². The number of carbonyl (C=O) groups excluding carboxylic acids is 1. The maximum atomic E-state index is 12.8. The summed E-state index contributed by atoms with van der Waals surface area (Å²) in [7, 11) is 0. The first-order valence-corrected chi connectivity index (χ1v) is 9.09. The number of aryl methyl sites for hydroxylation is 1. The highest BCUT2D eigenvalue weighted by atomic mass is 16.5. The predicted molar refractivity (Wildman–Crippen MR) is 90.3 cm³/mol. The van der Waals surface area contributed by atoms with E-state index in [0.717, 1.165) is 30.1 Å². The van der Waals surface area contributed by atoms with Crippen molar-refractivity contribution >= 4 is 5.91 Å². The summed E-state index contributed by atoms with van der Waals surface area (Å²) < 4.78 is 11.1. The number of carbonyl (C=O) groups is 1. The zero-order valence-electron chi connectivity index (χ0n) is 14.5. The van der Waals surface area contributed by atoms with E-state index in [1.54, 1.807) is 11.1 Å². The van der Waals surface area contributed by atoms with Gasteiger partial charge in [0.15, 0.2) is 0 Å². The average Bonchev–Trinajstić information content (AvgIpc) is 3.31. The van der Waals surface area contributed by atoms with E-state index in [4.69, 9.17) is 9.26 Å². The van der Waals surface area contributed by atoms with Crippen molar-refractivity contribution in [1.82, 2.24) is 20.0 Å². The van der Waals surface area contributed by atoms with Crippen molar-refractivity contribution in [3.05, 3.63) is 35.2 Å². The molecule has 1 saturated heterocycles. The molecule has 2 aliphatic rings. The van der Waals surface area contributed by atoms with Gasteiger partial charge in [-0.05, 0) is 19.8 Å². The number of hydrogen-bond donors (Lipinski definition) is 1. The summed E-state index contributed by atoms with van der Waals surface area (Å²) in [6, 6.07) is 1.83. The topological polar surface area (TPSA) is 84.2 Å². The Morgan fingerprint density at radius 3 is 2.92 bits per heavy atom. The standard InChI is InChI=1S/C18H24N4O3/c1-12-10-19-17(20-12)16-11-22(7-8-24-16)18(23)15-9-14(21-25-15)13-5-3-2-4-6-13/h9-10,13,16H,2-8,11H2,1H3,(H,19,20)/t16-/m1/s1. The van der Waals surface area contributed by atoms with Crippen LogP contribution in [-0.4, -0.2) is 45.6 Å². The molecule has 0 aromatic carbocycles. The number of morpholine rings is 1. The van der Waals surface area contributed by atoms with E-state index in [0.29, 0.717) is 31.4 Å². The minimum Gasteiger partial charge on any atom is -0.367 e. The summed E-state index contributed by atoms with van der Waals surface area (Å²) in [5.41, 5.74) is 1.91. The summed E-state index contributed by atoms with van der Waals surface area (Å²) in [5, 5.41) is 4.16. The highest BCUT2D eigenvalue weighted by Gasteiger charge is 2.30. The van der Waals surface area contributed by atoms with Crippen LogP contribution in [-0.2, 0) is 4.74 Å². The molecule has 1 N–H and O–H groups in total. The SMILES string of the molecule is Cc1cnc([C@H]2CN(C(=O)c3cc(C4CCCCC4)no3)CCO2)[nH]1. The van der Waals surface area contributed by atoms with Gasteiger partial charge in [-0.2, -0.15) is 0 Å². The molecule has 7 nitrogen and oxygen atoms in total. The smallest absolute Gasteiger partial charge is 0.292 e. The summed E-state index contributed by atoms with van der Waals surface area (Å²) in [6.45, 7) is 3.45. The molecule has 134 valence electrons. The Morgan fingerprint density at radius 1 is 1.32 bits per heavy atom. The van der Waals surface area contributed by atoms with E-state index >= 15 is 0 Å². The van der Waals surface area contributed by atoms with Crippen molar-refractivity contribution in [3.63, 3.8) is 0 Å². The number of ether oxygens (including phenoxy) is 1. The second-order valence-corrected chi connectivity index (χ2v) is 7.01. The van der Waals surface area contributed by atoms with Crippen LogP contribution in [0.15, 0.2) is 16.8 Å². The molecule has 0 unspecified atom stereocenters. The number of rotatable bonds is 3. The third-order valence-corrected chi connectivity index (χ3v) is 5.14. The number of H-pyrrole nitrogens is 1. The maximum absolute atomic E-state index is 12.8. The van der Waals surface area contributed by atoms with Crippen molar-refractivity contribution in [2.45, 2.75) is 51.0 Å². The van der Waals surface area contributed by atoms with E-state index in [9.17, 15) is 4.79 Å². The van der Waals surface area contributed by atoms with Crippen molar-refractivity contribution < 1.29 is 14.1 Å². The Morgan fingerprint density at radius 2 is 2.16 bits per heavy atom. The van der Waals surface area contributed by atoms with Crippen LogP contribution in [0.4, 0.5) is 0 Å². The molecule has 1 aliphatic heterocycles. The van der Waals surface area contributed by atoms with Crippen LogP contribution >= 0.6 is 0 Å². The van der Waals surface area contributed by atoms with E-state index in [1.165, 1.54) is 19.3 Å². The quantitative estimate of drug-likeness (QED) is 0.925. The first-order chi connectivity index (χ1) is 12.2. The lowest BCUT2D eigenvalue weighted by atomic mass is 9.87. The Bertz CT molecular complexity index is 732. The first-order valence-electron chi connectivity index (χ1n) is 9.09. The van der Waals surface area contributed by atoms with Crippen molar-refractivity contribution in [3.8, 4) is 0 Å². The Kier molecular flexibility index (Phi) is 4.57. The Labute approximate surface area is 146 Å². The van der Waals surface area contributed by atoms with Crippen LogP contribution in [0.3, 0.4) is 0 Å². The fourth-order valence-corrected chi connectivity index (χ4v) is 3.73. The molecule has 3 heterocycles. The second kappa shape index (κ2) is 7.00. The van der Waals surface area contributed by atoms with E-state index in [-0.39, 0.29) is 12.0 Å². The molecule has 1 saturated carbocycles. The minimum absolute atomic E-state index is 0.119. The lowest BCUT2D eigenvalue weighted by molar-refractivity contribution is -0.0276. The molecule has 1 atom stereocenters. The number of aromatic amines is 1. The molecule has 2 aromatic rings. The van der Waals surface area contributed by atoms with Crippen molar-refractivity contribution in [2.75, 3.05) is 19.7 Å². The summed E-state index contributed by atoms with van der Waals surface area (Å²) in [5.74, 6) is 1.40. The van der Waals surface area contributed by atoms with Crippen molar-refractivity contribution in [1.29, 1.82) is 0 Å². The third kappa shape index (κ3) is 3.46. The van der Waals surface area contributed by atoms with Gasteiger partial charge in [-0.15, -0.1) is 0 Å². The maximum Gasteiger partial charge on any atom is 0.292 e. The fourth-order valence-electron chi connectivity index (χ4n) is 3.73. The summed E-state index contributed by atoms with van der Waals surface area (Å²) in [6.07, 6.45) is 7.57.